The number of hydrogen-bond acceptors (Lipinski definition) is 3. The lowest BCUT2D eigenvalue weighted by Gasteiger charge is -2.09. The molecule has 0 fully saturated rings. The highest BCUT2D eigenvalue weighted by atomic mass is 32.1. The van der Waals surface area contributed by atoms with E-state index in [1.165, 1.54) is 10.6 Å². The summed E-state index contributed by atoms with van der Waals surface area (Å²) < 4.78 is 1.48. The van der Waals surface area contributed by atoms with Crippen LogP contribution in [0.15, 0.2) is 34.4 Å². The van der Waals surface area contributed by atoms with Crippen LogP contribution in [-0.4, -0.2) is 15.6 Å². The average molecular weight is 249 g/mol. The lowest BCUT2D eigenvalue weighted by atomic mass is 10.2. The first-order valence-corrected chi connectivity index (χ1v) is 5.93. The second kappa shape index (κ2) is 4.55. The Morgan fingerprint density at radius 2 is 2.18 bits per heavy atom. The second-order valence-corrected chi connectivity index (χ2v) is 4.70. The number of rotatable bonds is 3. The first-order chi connectivity index (χ1) is 8.09. The van der Waals surface area contributed by atoms with Gasteiger partial charge in [0.2, 0.25) is 0 Å². The van der Waals surface area contributed by atoms with Crippen molar-refractivity contribution >= 4 is 17.3 Å². The number of carboxylic acid groups (broad SMARTS) is 1. The zero-order valence-corrected chi connectivity index (χ0v) is 10.0. The van der Waals surface area contributed by atoms with Crippen molar-refractivity contribution in [3.8, 4) is 0 Å². The highest BCUT2D eigenvalue weighted by Crippen LogP contribution is 2.11. The monoisotopic (exact) mass is 249 g/mol. The fraction of sp³-hybridized carbons (Fsp3) is 0.167. The highest BCUT2D eigenvalue weighted by molar-refractivity contribution is 7.09. The Morgan fingerprint density at radius 3 is 2.76 bits per heavy atom. The van der Waals surface area contributed by atoms with Gasteiger partial charge in [-0.1, -0.05) is 6.07 Å². The molecule has 1 N–H and O–H groups in total. The van der Waals surface area contributed by atoms with Gasteiger partial charge >= 0.3 is 5.97 Å². The van der Waals surface area contributed by atoms with Crippen molar-refractivity contribution in [2.45, 2.75) is 13.5 Å². The molecular weight excluding hydrogens is 238 g/mol. The maximum atomic E-state index is 11.9. The number of aryl methyl sites for hydroxylation is 1. The third-order valence-corrected chi connectivity index (χ3v) is 3.38. The normalized spacial score (nSPS) is 10.4. The van der Waals surface area contributed by atoms with E-state index in [1.807, 2.05) is 17.5 Å². The lowest BCUT2D eigenvalue weighted by Crippen LogP contribution is -2.27. The van der Waals surface area contributed by atoms with E-state index in [-0.39, 0.29) is 5.56 Å². The van der Waals surface area contributed by atoms with Gasteiger partial charge in [0.25, 0.3) is 5.56 Å². The summed E-state index contributed by atoms with van der Waals surface area (Å²) in [4.78, 5) is 23.8. The van der Waals surface area contributed by atoms with Crippen LogP contribution >= 0.6 is 11.3 Å². The number of hydrogen-bond donors (Lipinski definition) is 1. The smallest absolute Gasteiger partial charge is 0.341 e. The highest BCUT2D eigenvalue weighted by Gasteiger charge is 2.12. The average Bonchev–Trinajstić information content (AvgIpc) is 2.76. The third kappa shape index (κ3) is 2.29. The number of aromatic nitrogens is 1. The first-order valence-electron chi connectivity index (χ1n) is 5.05. The van der Waals surface area contributed by atoms with Crippen LogP contribution in [0, 0.1) is 6.92 Å². The Balaban J connectivity index is 2.49. The molecule has 5 heteroatoms. The van der Waals surface area contributed by atoms with Gasteiger partial charge in [-0.25, -0.2) is 4.79 Å². The van der Waals surface area contributed by atoms with E-state index < -0.39 is 11.5 Å². The third-order valence-electron chi connectivity index (χ3n) is 2.52. The molecule has 0 unspecified atom stereocenters. The van der Waals surface area contributed by atoms with Crippen molar-refractivity contribution in [3.63, 3.8) is 0 Å². The molecule has 4 nitrogen and oxygen atoms in total. The summed E-state index contributed by atoms with van der Waals surface area (Å²) in [6.45, 7) is 2.21. The van der Waals surface area contributed by atoms with Gasteiger partial charge < -0.3 is 9.67 Å². The SMILES string of the molecule is Cc1ccc(C(=O)O)c(=O)n1Cc1cccs1. The summed E-state index contributed by atoms with van der Waals surface area (Å²) in [5.74, 6) is -1.19. The molecule has 0 aliphatic heterocycles. The number of pyridine rings is 1. The predicted octanol–water partition coefficient (Wildman–Crippen LogP) is 1.96. The van der Waals surface area contributed by atoms with E-state index in [0.29, 0.717) is 6.54 Å². The molecule has 0 radical (unpaired) electrons. The van der Waals surface area contributed by atoms with Crippen molar-refractivity contribution in [2.75, 3.05) is 0 Å². The summed E-state index contributed by atoms with van der Waals surface area (Å²) in [7, 11) is 0. The number of carbonyl (C=O) groups is 1. The minimum Gasteiger partial charge on any atom is -0.477 e. The zero-order valence-electron chi connectivity index (χ0n) is 9.21. The molecule has 0 saturated heterocycles. The van der Waals surface area contributed by atoms with Gasteiger partial charge in [0, 0.05) is 10.6 Å². The Morgan fingerprint density at radius 1 is 1.41 bits per heavy atom. The minimum atomic E-state index is -1.19. The molecule has 0 aliphatic carbocycles. The number of aromatic carboxylic acids is 1. The van der Waals surface area contributed by atoms with Gasteiger partial charge in [-0.3, -0.25) is 4.79 Å². The Bertz CT molecular complexity index is 599. The molecule has 0 atom stereocenters. The Kier molecular flexibility index (Phi) is 3.10. The molecule has 0 saturated carbocycles. The molecular formula is C12H11NO3S. The van der Waals surface area contributed by atoms with Crippen LogP contribution in [-0.2, 0) is 6.54 Å². The molecule has 17 heavy (non-hydrogen) atoms. The summed E-state index contributed by atoms with van der Waals surface area (Å²) in [5, 5.41) is 10.8. The largest absolute Gasteiger partial charge is 0.477 e. The van der Waals surface area contributed by atoms with E-state index in [9.17, 15) is 9.59 Å². The van der Waals surface area contributed by atoms with E-state index in [2.05, 4.69) is 0 Å². The molecule has 0 bridgehead atoms. The second-order valence-electron chi connectivity index (χ2n) is 3.66. The first kappa shape index (κ1) is 11.6. The van der Waals surface area contributed by atoms with Gasteiger partial charge in [-0.2, -0.15) is 0 Å². The fourth-order valence-corrected chi connectivity index (χ4v) is 2.28. The molecule has 2 rings (SSSR count). The Labute approximate surface area is 102 Å². The lowest BCUT2D eigenvalue weighted by molar-refractivity contribution is 0.0694. The van der Waals surface area contributed by atoms with Crippen LogP contribution in [0.3, 0.4) is 0 Å². The quantitative estimate of drug-likeness (QED) is 0.904. The van der Waals surface area contributed by atoms with Crippen molar-refractivity contribution in [1.82, 2.24) is 4.57 Å². The van der Waals surface area contributed by atoms with E-state index in [1.54, 1.807) is 24.3 Å². The van der Waals surface area contributed by atoms with Crippen LogP contribution in [0.1, 0.15) is 20.9 Å². The molecule has 2 heterocycles. The van der Waals surface area contributed by atoms with E-state index in [4.69, 9.17) is 5.11 Å². The van der Waals surface area contributed by atoms with Crippen LogP contribution in [0.25, 0.3) is 0 Å². The fourth-order valence-electron chi connectivity index (χ4n) is 1.59. The molecule has 0 aliphatic rings. The standard InChI is InChI=1S/C12H11NO3S/c1-8-4-5-10(12(15)16)11(14)13(8)7-9-3-2-6-17-9/h2-6H,7H2,1H3,(H,15,16). The zero-order chi connectivity index (χ0) is 12.4. The maximum absolute atomic E-state index is 11.9. The van der Waals surface area contributed by atoms with E-state index in [0.717, 1.165) is 10.6 Å². The minimum absolute atomic E-state index is 0.188. The number of carboxylic acids is 1. The maximum Gasteiger partial charge on any atom is 0.341 e. The van der Waals surface area contributed by atoms with Gasteiger partial charge in [-0.15, -0.1) is 11.3 Å². The van der Waals surface area contributed by atoms with Crippen LogP contribution in [0.2, 0.25) is 0 Å². The molecule has 2 aromatic heterocycles. The summed E-state index contributed by atoms with van der Waals surface area (Å²) in [5.41, 5.74) is 0.117. The molecule has 88 valence electrons. The number of thiophene rings is 1. The van der Waals surface area contributed by atoms with Crippen LogP contribution in [0.5, 0.6) is 0 Å². The molecule has 2 aromatic rings. The van der Waals surface area contributed by atoms with Crippen molar-refractivity contribution in [2.24, 2.45) is 0 Å². The number of nitrogens with zero attached hydrogens (tertiary/aromatic N) is 1. The van der Waals surface area contributed by atoms with Crippen LogP contribution in [0.4, 0.5) is 0 Å². The summed E-state index contributed by atoms with van der Waals surface area (Å²) in [6.07, 6.45) is 0. The van der Waals surface area contributed by atoms with E-state index >= 15 is 0 Å². The molecule has 0 amide bonds. The van der Waals surface area contributed by atoms with Crippen molar-refractivity contribution < 1.29 is 9.90 Å². The molecule has 0 spiro atoms. The Hall–Kier alpha value is -1.88. The van der Waals surface area contributed by atoms with Crippen molar-refractivity contribution in [3.05, 3.63) is 56.1 Å². The van der Waals surface area contributed by atoms with Crippen LogP contribution < -0.4 is 5.56 Å². The van der Waals surface area contributed by atoms with Gasteiger partial charge in [0.05, 0.1) is 6.54 Å². The summed E-state index contributed by atoms with van der Waals surface area (Å²) >= 11 is 1.54. The summed E-state index contributed by atoms with van der Waals surface area (Å²) in [6, 6.07) is 6.83. The topological polar surface area (TPSA) is 59.3 Å². The van der Waals surface area contributed by atoms with Crippen molar-refractivity contribution in [1.29, 1.82) is 0 Å². The van der Waals surface area contributed by atoms with Gasteiger partial charge in [0.15, 0.2) is 0 Å². The van der Waals surface area contributed by atoms with Gasteiger partial charge in [0.1, 0.15) is 5.56 Å². The molecule has 0 aromatic carbocycles. The van der Waals surface area contributed by atoms with Gasteiger partial charge in [-0.05, 0) is 30.5 Å². The predicted molar refractivity (Wildman–Crippen MR) is 65.8 cm³/mol.